The second-order valence-corrected chi connectivity index (χ2v) is 3.91. The first-order chi connectivity index (χ1) is 8.19. The first-order valence-electron chi connectivity index (χ1n) is 5.05. The molecule has 0 saturated heterocycles. The topological polar surface area (TPSA) is 21.3 Å². The molecule has 0 atom stereocenters. The standard InChI is InChI=1S/C13H11ClFNO/c1-17-11-6-7-13(12(15)8-11)16-10-4-2-9(14)3-5-10/h2-8,16H,1H3. The Bertz CT molecular complexity index is 513. The lowest BCUT2D eigenvalue weighted by atomic mass is 10.2. The largest absolute Gasteiger partial charge is 0.497 e. The highest BCUT2D eigenvalue weighted by atomic mass is 35.5. The summed E-state index contributed by atoms with van der Waals surface area (Å²) in [5.74, 6) is 0.128. The van der Waals surface area contributed by atoms with Gasteiger partial charge in [-0.05, 0) is 36.4 Å². The Labute approximate surface area is 104 Å². The molecule has 1 N–H and O–H groups in total. The van der Waals surface area contributed by atoms with Crippen LogP contribution in [0.25, 0.3) is 0 Å². The molecule has 0 aliphatic heterocycles. The Balaban J connectivity index is 2.21. The van der Waals surface area contributed by atoms with E-state index in [-0.39, 0.29) is 5.82 Å². The molecule has 88 valence electrons. The average molecular weight is 252 g/mol. The fourth-order valence-corrected chi connectivity index (χ4v) is 1.54. The quantitative estimate of drug-likeness (QED) is 0.881. The summed E-state index contributed by atoms with van der Waals surface area (Å²) in [5, 5.41) is 3.61. The second-order valence-electron chi connectivity index (χ2n) is 3.48. The van der Waals surface area contributed by atoms with E-state index < -0.39 is 0 Å². The van der Waals surface area contributed by atoms with Crippen molar-refractivity contribution >= 4 is 23.0 Å². The smallest absolute Gasteiger partial charge is 0.150 e. The van der Waals surface area contributed by atoms with Gasteiger partial charge >= 0.3 is 0 Å². The molecule has 0 bridgehead atoms. The van der Waals surface area contributed by atoms with Crippen LogP contribution in [-0.2, 0) is 0 Å². The summed E-state index contributed by atoms with van der Waals surface area (Å²) in [5.41, 5.74) is 1.17. The molecule has 0 aromatic heterocycles. The van der Waals surface area contributed by atoms with Crippen molar-refractivity contribution in [2.45, 2.75) is 0 Å². The minimum absolute atomic E-state index is 0.362. The van der Waals surface area contributed by atoms with Crippen LogP contribution in [0, 0.1) is 5.82 Å². The van der Waals surface area contributed by atoms with Crippen molar-refractivity contribution in [2.24, 2.45) is 0 Å². The minimum atomic E-state index is -0.362. The van der Waals surface area contributed by atoms with Crippen molar-refractivity contribution in [2.75, 3.05) is 12.4 Å². The highest BCUT2D eigenvalue weighted by Gasteiger charge is 2.04. The van der Waals surface area contributed by atoms with Gasteiger partial charge in [0.05, 0.1) is 12.8 Å². The number of anilines is 2. The monoisotopic (exact) mass is 251 g/mol. The molecule has 0 radical (unpaired) electrons. The van der Waals surface area contributed by atoms with Crippen LogP contribution >= 0.6 is 11.6 Å². The van der Waals surface area contributed by atoms with Crippen LogP contribution in [0.15, 0.2) is 42.5 Å². The fourth-order valence-electron chi connectivity index (χ4n) is 1.41. The molecule has 0 amide bonds. The van der Waals surface area contributed by atoms with E-state index >= 15 is 0 Å². The maximum absolute atomic E-state index is 13.6. The van der Waals surface area contributed by atoms with E-state index in [0.717, 1.165) is 5.69 Å². The van der Waals surface area contributed by atoms with E-state index in [1.807, 2.05) is 0 Å². The van der Waals surface area contributed by atoms with Gasteiger partial charge in [-0.25, -0.2) is 4.39 Å². The van der Waals surface area contributed by atoms with Gasteiger partial charge in [-0.3, -0.25) is 0 Å². The molecule has 4 heteroatoms. The predicted octanol–water partition coefficient (Wildman–Crippen LogP) is 4.23. The normalized spacial score (nSPS) is 10.1. The van der Waals surface area contributed by atoms with Crippen LogP contribution in [0.3, 0.4) is 0 Å². The third-order valence-electron chi connectivity index (χ3n) is 2.30. The van der Waals surface area contributed by atoms with Gasteiger partial charge in [0.1, 0.15) is 11.6 Å². The van der Waals surface area contributed by atoms with Gasteiger partial charge in [-0.1, -0.05) is 11.6 Å². The van der Waals surface area contributed by atoms with Crippen LogP contribution in [-0.4, -0.2) is 7.11 Å². The molecule has 0 saturated carbocycles. The Morgan fingerprint density at radius 2 is 1.82 bits per heavy atom. The van der Waals surface area contributed by atoms with E-state index in [2.05, 4.69) is 5.32 Å². The lowest BCUT2D eigenvalue weighted by molar-refractivity contribution is 0.411. The van der Waals surface area contributed by atoms with Crippen molar-refractivity contribution in [3.63, 3.8) is 0 Å². The molecule has 0 spiro atoms. The highest BCUT2D eigenvalue weighted by Crippen LogP contribution is 2.24. The van der Waals surface area contributed by atoms with Crippen LogP contribution < -0.4 is 10.1 Å². The van der Waals surface area contributed by atoms with E-state index in [1.165, 1.54) is 13.2 Å². The van der Waals surface area contributed by atoms with Crippen molar-refractivity contribution in [1.82, 2.24) is 0 Å². The number of hydrogen-bond acceptors (Lipinski definition) is 2. The number of benzene rings is 2. The van der Waals surface area contributed by atoms with Gasteiger partial charge in [0.2, 0.25) is 0 Å². The molecule has 0 fully saturated rings. The summed E-state index contributed by atoms with van der Waals surface area (Å²) < 4.78 is 18.6. The Morgan fingerprint density at radius 3 is 2.41 bits per heavy atom. The molecule has 0 aliphatic rings. The molecule has 0 unspecified atom stereocenters. The number of rotatable bonds is 3. The van der Waals surface area contributed by atoms with Gasteiger partial charge in [0.25, 0.3) is 0 Å². The minimum Gasteiger partial charge on any atom is -0.497 e. The molecule has 0 aliphatic carbocycles. The van der Waals surface area contributed by atoms with E-state index in [9.17, 15) is 4.39 Å². The van der Waals surface area contributed by atoms with Crippen LogP contribution in [0.4, 0.5) is 15.8 Å². The summed E-state index contributed by atoms with van der Waals surface area (Å²) in [4.78, 5) is 0. The summed E-state index contributed by atoms with van der Waals surface area (Å²) in [6.07, 6.45) is 0. The maximum atomic E-state index is 13.6. The lowest BCUT2D eigenvalue weighted by Crippen LogP contribution is -1.94. The first-order valence-corrected chi connectivity index (χ1v) is 5.43. The van der Waals surface area contributed by atoms with Crippen molar-refractivity contribution < 1.29 is 9.13 Å². The van der Waals surface area contributed by atoms with E-state index in [4.69, 9.17) is 16.3 Å². The summed E-state index contributed by atoms with van der Waals surface area (Å²) in [6, 6.07) is 11.7. The summed E-state index contributed by atoms with van der Waals surface area (Å²) >= 11 is 5.77. The number of nitrogens with one attached hydrogen (secondary N) is 1. The zero-order valence-electron chi connectivity index (χ0n) is 9.21. The molecule has 2 nitrogen and oxygen atoms in total. The zero-order chi connectivity index (χ0) is 12.3. The Kier molecular flexibility index (Phi) is 3.49. The average Bonchev–Trinajstić information content (AvgIpc) is 2.34. The molecule has 2 aromatic carbocycles. The van der Waals surface area contributed by atoms with Gasteiger partial charge in [-0.2, -0.15) is 0 Å². The van der Waals surface area contributed by atoms with Crippen LogP contribution in [0.2, 0.25) is 5.02 Å². The molecular weight excluding hydrogens is 241 g/mol. The predicted molar refractivity (Wildman–Crippen MR) is 67.7 cm³/mol. The molecule has 2 rings (SSSR count). The summed E-state index contributed by atoms with van der Waals surface area (Å²) in [6.45, 7) is 0. The molecule has 2 aromatic rings. The number of ether oxygens (including phenoxy) is 1. The van der Waals surface area contributed by atoms with Crippen molar-refractivity contribution in [3.05, 3.63) is 53.3 Å². The van der Waals surface area contributed by atoms with Gasteiger partial charge < -0.3 is 10.1 Å². The molecular formula is C13H11ClFNO. The zero-order valence-corrected chi connectivity index (χ0v) is 9.96. The van der Waals surface area contributed by atoms with Crippen LogP contribution in [0.5, 0.6) is 5.75 Å². The van der Waals surface area contributed by atoms with Crippen LogP contribution in [0.1, 0.15) is 0 Å². The SMILES string of the molecule is COc1ccc(Nc2ccc(Cl)cc2)c(F)c1. The Morgan fingerprint density at radius 1 is 1.12 bits per heavy atom. The van der Waals surface area contributed by atoms with Gasteiger partial charge in [-0.15, -0.1) is 0 Å². The number of halogens is 2. The molecule has 0 heterocycles. The third-order valence-corrected chi connectivity index (χ3v) is 2.55. The van der Waals surface area contributed by atoms with E-state index in [1.54, 1.807) is 36.4 Å². The van der Waals surface area contributed by atoms with Gasteiger partial charge in [0, 0.05) is 16.8 Å². The third kappa shape index (κ3) is 2.88. The second kappa shape index (κ2) is 5.06. The van der Waals surface area contributed by atoms with Crippen molar-refractivity contribution in [3.8, 4) is 5.75 Å². The van der Waals surface area contributed by atoms with E-state index in [0.29, 0.717) is 16.5 Å². The molecule has 17 heavy (non-hydrogen) atoms. The first kappa shape index (κ1) is 11.7. The number of methoxy groups -OCH3 is 1. The summed E-state index contributed by atoms with van der Waals surface area (Å²) in [7, 11) is 1.50. The fraction of sp³-hybridized carbons (Fsp3) is 0.0769. The maximum Gasteiger partial charge on any atom is 0.150 e. The van der Waals surface area contributed by atoms with Crippen molar-refractivity contribution in [1.29, 1.82) is 0 Å². The number of hydrogen-bond donors (Lipinski definition) is 1. The van der Waals surface area contributed by atoms with Gasteiger partial charge in [0.15, 0.2) is 0 Å². The lowest BCUT2D eigenvalue weighted by Gasteiger charge is -2.08. The Hall–Kier alpha value is -1.74. The highest BCUT2D eigenvalue weighted by molar-refractivity contribution is 6.30.